The number of amides is 1. The Morgan fingerprint density at radius 3 is 2.29 bits per heavy atom. The van der Waals surface area contributed by atoms with Crippen LogP contribution < -0.4 is 14.8 Å². The number of hydrogen-bond acceptors (Lipinski definition) is 6. The molecule has 9 heteroatoms. The molecule has 180 valence electrons. The summed E-state index contributed by atoms with van der Waals surface area (Å²) in [5.41, 5.74) is 2.73. The fourth-order valence-corrected chi connectivity index (χ4v) is 4.14. The lowest BCUT2D eigenvalue weighted by molar-refractivity contribution is -0.113. The summed E-state index contributed by atoms with van der Waals surface area (Å²) >= 11 is 7.27. The molecule has 0 unspecified atom stereocenters. The van der Waals surface area contributed by atoms with Gasteiger partial charge in [0, 0.05) is 16.4 Å². The minimum Gasteiger partial charge on any atom is -0.494 e. The number of nitrogens with zero attached hydrogens (tertiary/aromatic N) is 3. The fraction of sp³-hybridized carbons (Fsp3) is 0.192. The lowest BCUT2D eigenvalue weighted by Crippen LogP contribution is -2.14. The van der Waals surface area contributed by atoms with E-state index in [2.05, 4.69) is 15.5 Å². The number of carbonyl (C=O) groups is 1. The summed E-state index contributed by atoms with van der Waals surface area (Å²) in [4.78, 5) is 12.5. The Balaban J connectivity index is 1.51. The predicted molar refractivity (Wildman–Crippen MR) is 139 cm³/mol. The van der Waals surface area contributed by atoms with Crippen LogP contribution in [-0.2, 0) is 11.4 Å². The molecule has 1 amide bonds. The first-order chi connectivity index (χ1) is 17.0. The van der Waals surface area contributed by atoms with Gasteiger partial charge in [-0.1, -0.05) is 41.1 Å². The van der Waals surface area contributed by atoms with Crippen molar-refractivity contribution in [2.24, 2.45) is 0 Å². The van der Waals surface area contributed by atoms with Gasteiger partial charge >= 0.3 is 0 Å². The Morgan fingerprint density at radius 1 is 0.943 bits per heavy atom. The van der Waals surface area contributed by atoms with Crippen molar-refractivity contribution in [3.05, 3.63) is 89.2 Å². The van der Waals surface area contributed by atoms with E-state index in [1.807, 2.05) is 66.9 Å². The second kappa shape index (κ2) is 11.8. The molecule has 0 atom stereocenters. The standard InChI is InChI=1S/C26H25ClN4O3S/c1-3-33-22-14-10-21(11-15-22)31-24(16-34-23-12-6-19(27)7-13-23)29-30-26(31)35-17-25(32)28-20-8-4-18(2)5-9-20/h4-15H,3,16-17H2,1-2H3,(H,28,32). The van der Waals surface area contributed by atoms with Gasteiger partial charge in [-0.3, -0.25) is 9.36 Å². The molecule has 0 bridgehead atoms. The highest BCUT2D eigenvalue weighted by atomic mass is 35.5. The van der Waals surface area contributed by atoms with Crippen LogP contribution >= 0.6 is 23.4 Å². The van der Waals surface area contributed by atoms with E-state index in [9.17, 15) is 4.79 Å². The van der Waals surface area contributed by atoms with Gasteiger partial charge in [0.25, 0.3) is 0 Å². The number of aryl methyl sites for hydroxylation is 1. The summed E-state index contributed by atoms with van der Waals surface area (Å²) in [7, 11) is 0. The van der Waals surface area contributed by atoms with E-state index < -0.39 is 0 Å². The smallest absolute Gasteiger partial charge is 0.234 e. The van der Waals surface area contributed by atoms with E-state index in [1.165, 1.54) is 11.8 Å². The number of rotatable bonds is 10. The quantitative estimate of drug-likeness (QED) is 0.267. The van der Waals surface area contributed by atoms with Crippen LogP contribution in [-0.4, -0.2) is 33.0 Å². The number of nitrogens with one attached hydrogen (secondary N) is 1. The average Bonchev–Trinajstić information content (AvgIpc) is 3.27. The van der Waals surface area contributed by atoms with Gasteiger partial charge in [-0.25, -0.2) is 0 Å². The Kier molecular flexibility index (Phi) is 8.28. The first-order valence-electron chi connectivity index (χ1n) is 11.1. The van der Waals surface area contributed by atoms with E-state index >= 15 is 0 Å². The molecule has 3 aromatic carbocycles. The summed E-state index contributed by atoms with van der Waals surface area (Å²) < 4.78 is 13.4. The van der Waals surface area contributed by atoms with Gasteiger partial charge in [0.05, 0.1) is 12.4 Å². The number of ether oxygens (including phenoxy) is 2. The van der Waals surface area contributed by atoms with Gasteiger partial charge in [-0.2, -0.15) is 0 Å². The molecule has 1 aromatic heterocycles. The van der Waals surface area contributed by atoms with Gasteiger partial charge in [0.2, 0.25) is 5.91 Å². The summed E-state index contributed by atoms with van der Waals surface area (Å²) in [5.74, 6) is 2.10. The first kappa shape index (κ1) is 24.6. The lowest BCUT2D eigenvalue weighted by Gasteiger charge is -2.12. The summed E-state index contributed by atoms with van der Waals surface area (Å²) in [6.45, 7) is 4.72. The molecule has 1 N–H and O–H groups in total. The van der Waals surface area contributed by atoms with E-state index in [0.29, 0.717) is 28.4 Å². The van der Waals surface area contributed by atoms with Gasteiger partial charge in [0.15, 0.2) is 11.0 Å². The zero-order chi connectivity index (χ0) is 24.6. The van der Waals surface area contributed by atoms with Gasteiger partial charge < -0.3 is 14.8 Å². The summed E-state index contributed by atoms with van der Waals surface area (Å²) in [6.07, 6.45) is 0. The molecule has 0 fully saturated rings. The maximum Gasteiger partial charge on any atom is 0.234 e. The molecule has 0 spiro atoms. The third kappa shape index (κ3) is 6.77. The van der Waals surface area contributed by atoms with Crippen LogP contribution in [0.5, 0.6) is 11.5 Å². The molecule has 0 aliphatic carbocycles. The highest BCUT2D eigenvalue weighted by Gasteiger charge is 2.17. The Bertz CT molecular complexity index is 1260. The molecule has 0 aliphatic rings. The van der Waals surface area contributed by atoms with E-state index in [1.54, 1.807) is 24.3 Å². The predicted octanol–water partition coefficient (Wildman–Crippen LogP) is 5.94. The molecule has 0 saturated carbocycles. The normalized spacial score (nSPS) is 10.7. The Labute approximate surface area is 213 Å². The van der Waals surface area contributed by atoms with Gasteiger partial charge in [0.1, 0.15) is 18.1 Å². The number of carbonyl (C=O) groups excluding carboxylic acids is 1. The van der Waals surface area contributed by atoms with E-state index in [0.717, 1.165) is 22.7 Å². The third-order valence-electron chi connectivity index (χ3n) is 4.96. The van der Waals surface area contributed by atoms with Crippen molar-refractivity contribution in [1.82, 2.24) is 14.8 Å². The molecule has 4 rings (SSSR count). The second-order valence-electron chi connectivity index (χ2n) is 7.61. The van der Waals surface area contributed by atoms with Gasteiger partial charge in [-0.05, 0) is 74.5 Å². The molecule has 7 nitrogen and oxygen atoms in total. The second-order valence-corrected chi connectivity index (χ2v) is 8.99. The summed E-state index contributed by atoms with van der Waals surface area (Å²) in [5, 5.41) is 12.8. The molecule has 1 heterocycles. The Morgan fingerprint density at radius 2 is 1.60 bits per heavy atom. The zero-order valence-corrected chi connectivity index (χ0v) is 21.0. The topological polar surface area (TPSA) is 78.3 Å². The largest absolute Gasteiger partial charge is 0.494 e. The highest BCUT2D eigenvalue weighted by Crippen LogP contribution is 2.25. The number of benzene rings is 3. The minimum atomic E-state index is -0.126. The first-order valence-corrected chi connectivity index (χ1v) is 12.4. The van der Waals surface area contributed by atoms with Crippen molar-refractivity contribution >= 4 is 35.0 Å². The molecule has 0 radical (unpaired) electrons. The SMILES string of the molecule is CCOc1ccc(-n2c(COc3ccc(Cl)cc3)nnc2SCC(=O)Nc2ccc(C)cc2)cc1. The molecule has 35 heavy (non-hydrogen) atoms. The van der Waals surface area contributed by atoms with Crippen LogP contribution in [0.15, 0.2) is 78.0 Å². The monoisotopic (exact) mass is 508 g/mol. The maximum absolute atomic E-state index is 12.5. The van der Waals surface area contributed by atoms with Crippen molar-refractivity contribution in [3.8, 4) is 17.2 Å². The third-order valence-corrected chi connectivity index (χ3v) is 6.14. The fourth-order valence-electron chi connectivity index (χ4n) is 3.25. The van der Waals surface area contributed by atoms with Crippen molar-refractivity contribution in [1.29, 1.82) is 0 Å². The Hall–Kier alpha value is -3.49. The average molecular weight is 509 g/mol. The van der Waals surface area contributed by atoms with E-state index in [4.69, 9.17) is 21.1 Å². The zero-order valence-electron chi connectivity index (χ0n) is 19.4. The highest BCUT2D eigenvalue weighted by molar-refractivity contribution is 7.99. The van der Waals surface area contributed by atoms with Crippen molar-refractivity contribution in [2.45, 2.75) is 25.6 Å². The van der Waals surface area contributed by atoms with Crippen LogP contribution in [0.4, 0.5) is 5.69 Å². The number of hydrogen-bond donors (Lipinski definition) is 1. The molecule has 0 aliphatic heterocycles. The minimum absolute atomic E-state index is 0.126. The van der Waals surface area contributed by atoms with Crippen LogP contribution in [0.2, 0.25) is 5.02 Å². The van der Waals surface area contributed by atoms with Crippen LogP contribution in [0.25, 0.3) is 5.69 Å². The van der Waals surface area contributed by atoms with Crippen LogP contribution in [0, 0.1) is 6.92 Å². The van der Waals surface area contributed by atoms with Crippen molar-refractivity contribution in [2.75, 3.05) is 17.7 Å². The van der Waals surface area contributed by atoms with Crippen LogP contribution in [0.3, 0.4) is 0 Å². The van der Waals surface area contributed by atoms with Gasteiger partial charge in [-0.15, -0.1) is 10.2 Å². The van der Waals surface area contributed by atoms with E-state index in [-0.39, 0.29) is 18.3 Å². The summed E-state index contributed by atoms with van der Waals surface area (Å²) in [6, 6.07) is 22.4. The lowest BCUT2D eigenvalue weighted by atomic mass is 10.2. The number of aromatic nitrogens is 3. The van der Waals surface area contributed by atoms with Crippen molar-refractivity contribution < 1.29 is 14.3 Å². The van der Waals surface area contributed by atoms with Crippen LogP contribution in [0.1, 0.15) is 18.3 Å². The number of halogens is 1. The molecule has 0 saturated heterocycles. The number of thioether (sulfide) groups is 1. The molecule has 4 aromatic rings. The molecular weight excluding hydrogens is 484 g/mol. The molecular formula is C26H25ClN4O3S. The van der Waals surface area contributed by atoms with Crippen molar-refractivity contribution in [3.63, 3.8) is 0 Å². The number of anilines is 1. The maximum atomic E-state index is 12.5.